The van der Waals surface area contributed by atoms with Crippen LogP contribution in [0.2, 0.25) is 0 Å². The van der Waals surface area contributed by atoms with Crippen LogP contribution in [0.25, 0.3) is 0 Å². The summed E-state index contributed by atoms with van der Waals surface area (Å²) in [6.07, 6.45) is 0.850. The minimum atomic E-state index is -0.443. The number of nitro benzene ring substituents is 1. The lowest BCUT2D eigenvalue weighted by Crippen LogP contribution is -2.17. The Morgan fingerprint density at radius 2 is 2.41 bits per heavy atom. The second-order valence-electron chi connectivity index (χ2n) is 3.86. The van der Waals surface area contributed by atoms with Gasteiger partial charge in [-0.1, -0.05) is 0 Å². The van der Waals surface area contributed by atoms with E-state index in [0.717, 1.165) is 6.42 Å². The first kappa shape index (κ1) is 11.8. The van der Waals surface area contributed by atoms with Crippen LogP contribution in [0.1, 0.15) is 12.0 Å². The summed E-state index contributed by atoms with van der Waals surface area (Å²) in [6.45, 7) is 1.46. The first-order chi connectivity index (χ1) is 8.20. The van der Waals surface area contributed by atoms with Gasteiger partial charge in [0, 0.05) is 30.7 Å². The molecule has 2 rings (SSSR count). The average Bonchev–Trinajstić information content (AvgIpc) is 2.82. The van der Waals surface area contributed by atoms with Crippen LogP contribution in [0.15, 0.2) is 18.2 Å². The lowest BCUT2D eigenvalue weighted by molar-refractivity contribution is -0.384. The molecule has 1 aromatic carbocycles. The highest BCUT2D eigenvalue weighted by Gasteiger charge is 2.19. The first-order valence-corrected chi connectivity index (χ1v) is 5.42. The predicted molar refractivity (Wildman–Crippen MR) is 60.8 cm³/mol. The second kappa shape index (κ2) is 5.11. The molecule has 2 N–H and O–H groups in total. The zero-order chi connectivity index (χ0) is 12.3. The van der Waals surface area contributed by atoms with Crippen molar-refractivity contribution in [2.75, 3.05) is 13.2 Å². The average molecular weight is 238 g/mol. The largest absolute Gasteiger partial charge is 0.488 e. The molecule has 1 atom stereocenters. The Bertz CT molecular complexity index is 416. The Balaban J connectivity index is 2.18. The van der Waals surface area contributed by atoms with Gasteiger partial charge in [0.25, 0.3) is 5.69 Å². The molecule has 1 aliphatic rings. The summed E-state index contributed by atoms with van der Waals surface area (Å²) in [5, 5.41) is 10.6. The highest BCUT2D eigenvalue weighted by molar-refractivity contribution is 5.43. The summed E-state index contributed by atoms with van der Waals surface area (Å²) in [7, 11) is 0. The van der Waals surface area contributed by atoms with E-state index in [9.17, 15) is 10.1 Å². The highest BCUT2D eigenvalue weighted by Crippen LogP contribution is 2.26. The minimum Gasteiger partial charge on any atom is -0.488 e. The Morgan fingerprint density at radius 3 is 3.00 bits per heavy atom. The molecule has 1 fully saturated rings. The molecule has 6 heteroatoms. The molecule has 0 bridgehead atoms. The smallest absolute Gasteiger partial charge is 0.270 e. The van der Waals surface area contributed by atoms with Gasteiger partial charge in [-0.15, -0.1) is 0 Å². The van der Waals surface area contributed by atoms with E-state index in [0.29, 0.717) is 24.5 Å². The summed E-state index contributed by atoms with van der Waals surface area (Å²) < 4.78 is 10.9. The third-order valence-corrected chi connectivity index (χ3v) is 2.66. The predicted octanol–water partition coefficient (Wildman–Crippen LogP) is 1.22. The van der Waals surface area contributed by atoms with E-state index in [1.807, 2.05) is 0 Å². The van der Waals surface area contributed by atoms with Crippen molar-refractivity contribution in [2.24, 2.45) is 5.73 Å². The molecule has 1 aliphatic heterocycles. The maximum atomic E-state index is 10.6. The van der Waals surface area contributed by atoms with E-state index < -0.39 is 4.92 Å². The molecule has 0 saturated carbocycles. The third-order valence-electron chi connectivity index (χ3n) is 2.66. The molecule has 1 saturated heterocycles. The fraction of sp³-hybridized carbons (Fsp3) is 0.455. The summed E-state index contributed by atoms with van der Waals surface area (Å²) in [5.74, 6) is 0.605. The first-order valence-electron chi connectivity index (χ1n) is 5.42. The van der Waals surface area contributed by atoms with Gasteiger partial charge in [-0.05, 0) is 6.07 Å². The minimum absolute atomic E-state index is 0.0155. The molecule has 0 aliphatic carbocycles. The fourth-order valence-corrected chi connectivity index (χ4v) is 1.74. The van der Waals surface area contributed by atoms with E-state index >= 15 is 0 Å². The molecule has 6 nitrogen and oxygen atoms in total. The van der Waals surface area contributed by atoms with Crippen molar-refractivity contribution >= 4 is 5.69 Å². The van der Waals surface area contributed by atoms with E-state index in [1.54, 1.807) is 6.07 Å². The van der Waals surface area contributed by atoms with Crippen molar-refractivity contribution in [3.63, 3.8) is 0 Å². The second-order valence-corrected chi connectivity index (χ2v) is 3.86. The Morgan fingerprint density at radius 1 is 1.59 bits per heavy atom. The summed E-state index contributed by atoms with van der Waals surface area (Å²) in [4.78, 5) is 10.2. The van der Waals surface area contributed by atoms with Crippen molar-refractivity contribution in [1.29, 1.82) is 0 Å². The van der Waals surface area contributed by atoms with Gasteiger partial charge < -0.3 is 15.2 Å². The molecule has 0 aromatic heterocycles. The summed E-state index contributed by atoms with van der Waals surface area (Å²) in [6, 6.07) is 4.47. The van der Waals surface area contributed by atoms with Crippen LogP contribution in [0.3, 0.4) is 0 Å². The monoisotopic (exact) mass is 238 g/mol. The van der Waals surface area contributed by atoms with Crippen molar-refractivity contribution in [1.82, 2.24) is 0 Å². The number of nitro groups is 1. The lowest BCUT2D eigenvalue weighted by atomic mass is 10.1. The lowest BCUT2D eigenvalue weighted by Gasteiger charge is -2.14. The van der Waals surface area contributed by atoms with Crippen LogP contribution < -0.4 is 10.5 Å². The van der Waals surface area contributed by atoms with Gasteiger partial charge in [-0.3, -0.25) is 10.1 Å². The number of rotatable bonds is 4. The zero-order valence-corrected chi connectivity index (χ0v) is 9.30. The topological polar surface area (TPSA) is 87.6 Å². The van der Waals surface area contributed by atoms with E-state index in [2.05, 4.69) is 0 Å². The molecule has 17 heavy (non-hydrogen) atoms. The molecule has 0 radical (unpaired) electrons. The molecule has 92 valence electrons. The third kappa shape index (κ3) is 2.72. The van der Waals surface area contributed by atoms with Crippen LogP contribution in [-0.2, 0) is 11.3 Å². The summed E-state index contributed by atoms with van der Waals surface area (Å²) in [5.41, 5.74) is 6.23. The number of hydrogen-bond donors (Lipinski definition) is 1. The van der Waals surface area contributed by atoms with Crippen LogP contribution >= 0.6 is 0 Å². The van der Waals surface area contributed by atoms with E-state index in [1.165, 1.54) is 12.1 Å². The molecule has 0 amide bonds. The number of hydrogen-bond acceptors (Lipinski definition) is 5. The van der Waals surface area contributed by atoms with Crippen LogP contribution in [0, 0.1) is 10.1 Å². The quantitative estimate of drug-likeness (QED) is 0.629. The highest BCUT2D eigenvalue weighted by atomic mass is 16.6. The maximum Gasteiger partial charge on any atom is 0.270 e. The van der Waals surface area contributed by atoms with Gasteiger partial charge >= 0.3 is 0 Å². The Labute approximate surface area is 98.5 Å². The summed E-state index contributed by atoms with van der Waals surface area (Å²) >= 11 is 0. The molecule has 1 heterocycles. The molecule has 0 spiro atoms. The van der Waals surface area contributed by atoms with Gasteiger partial charge in [0.15, 0.2) is 0 Å². The number of nitrogens with zero attached hydrogens (tertiary/aromatic N) is 1. The zero-order valence-electron chi connectivity index (χ0n) is 9.30. The van der Waals surface area contributed by atoms with Gasteiger partial charge in [-0.2, -0.15) is 0 Å². The maximum absolute atomic E-state index is 10.6. The Hall–Kier alpha value is -1.66. The van der Waals surface area contributed by atoms with E-state index in [-0.39, 0.29) is 18.3 Å². The van der Waals surface area contributed by atoms with Crippen molar-refractivity contribution in [2.45, 2.75) is 19.1 Å². The molecule has 1 aromatic rings. The SMILES string of the molecule is NCc1cc([N+](=O)[O-])ccc1OC1CCOC1. The molecular formula is C11H14N2O4. The fourth-order valence-electron chi connectivity index (χ4n) is 1.74. The van der Waals surface area contributed by atoms with Crippen molar-refractivity contribution < 1.29 is 14.4 Å². The van der Waals surface area contributed by atoms with Crippen molar-refractivity contribution in [3.05, 3.63) is 33.9 Å². The van der Waals surface area contributed by atoms with Gasteiger partial charge in [0.05, 0.1) is 18.1 Å². The normalized spacial score (nSPS) is 19.2. The van der Waals surface area contributed by atoms with Crippen LogP contribution in [0.5, 0.6) is 5.75 Å². The number of non-ortho nitro benzene ring substituents is 1. The molecule has 1 unspecified atom stereocenters. The number of ether oxygens (including phenoxy) is 2. The van der Waals surface area contributed by atoms with Gasteiger partial charge in [-0.25, -0.2) is 0 Å². The standard InChI is InChI=1S/C11H14N2O4/c12-6-8-5-9(13(14)15)1-2-11(8)17-10-3-4-16-7-10/h1-2,5,10H,3-4,6-7,12H2. The van der Waals surface area contributed by atoms with Crippen molar-refractivity contribution in [3.8, 4) is 5.75 Å². The van der Waals surface area contributed by atoms with Gasteiger partial charge in [0.2, 0.25) is 0 Å². The molecular weight excluding hydrogens is 224 g/mol. The van der Waals surface area contributed by atoms with Crippen LogP contribution in [0.4, 0.5) is 5.69 Å². The van der Waals surface area contributed by atoms with Gasteiger partial charge in [0.1, 0.15) is 11.9 Å². The number of benzene rings is 1. The van der Waals surface area contributed by atoms with E-state index in [4.69, 9.17) is 15.2 Å². The Kier molecular flexibility index (Phi) is 3.55. The number of nitrogens with two attached hydrogens (primary N) is 1. The van der Waals surface area contributed by atoms with Crippen LogP contribution in [-0.4, -0.2) is 24.2 Å².